The fourth-order valence-electron chi connectivity index (χ4n) is 2.35. The van der Waals surface area contributed by atoms with Crippen molar-refractivity contribution in [3.63, 3.8) is 0 Å². The maximum Gasteiger partial charge on any atom is 0.238 e. The Balaban J connectivity index is 1.53. The average molecular weight is 336 g/mol. The summed E-state index contributed by atoms with van der Waals surface area (Å²) in [5, 5.41) is 17.5. The molecule has 0 aliphatic heterocycles. The highest BCUT2D eigenvalue weighted by Gasteiger charge is 2.03. The van der Waals surface area contributed by atoms with Crippen molar-refractivity contribution in [2.75, 3.05) is 0 Å². The van der Waals surface area contributed by atoms with Crippen molar-refractivity contribution in [3.05, 3.63) is 78.0 Å². The summed E-state index contributed by atoms with van der Waals surface area (Å²) in [5.74, 6) is 1.87. The third-order valence-corrected chi connectivity index (χ3v) is 3.56. The Morgan fingerprint density at radius 2 is 1.60 bits per heavy atom. The highest BCUT2D eigenvalue weighted by Crippen LogP contribution is 2.18. The van der Waals surface area contributed by atoms with E-state index in [0.29, 0.717) is 11.6 Å². The van der Waals surface area contributed by atoms with Crippen molar-refractivity contribution < 1.29 is 14.6 Å². The van der Waals surface area contributed by atoms with Crippen LogP contribution in [0, 0.1) is 0 Å². The average Bonchev–Trinajstić information content (AvgIpc) is 2.63. The van der Waals surface area contributed by atoms with Crippen molar-refractivity contribution in [3.8, 4) is 17.4 Å². The van der Waals surface area contributed by atoms with Gasteiger partial charge in [0.1, 0.15) is 11.5 Å². The zero-order valence-electron chi connectivity index (χ0n) is 14.0. The topological polar surface area (TPSA) is 64.5 Å². The molecular formula is C20H20N2O3. The van der Waals surface area contributed by atoms with Gasteiger partial charge in [0, 0.05) is 6.07 Å². The fourth-order valence-corrected chi connectivity index (χ4v) is 2.35. The van der Waals surface area contributed by atoms with E-state index in [1.165, 1.54) is 5.56 Å². The van der Waals surface area contributed by atoms with Crippen LogP contribution in [0.25, 0.3) is 0 Å². The zero-order valence-corrected chi connectivity index (χ0v) is 14.0. The van der Waals surface area contributed by atoms with E-state index in [2.05, 4.69) is 10.2 Å². The Morgan fingerprint density at radius 3 is 2.24 bits per heavy atom. The summed E-state index contributed by atoms with van der Waals surface area (Å²) in [6.45, 7) is 1.58. The van der Waals surface area contributed by atoms with Gasteiger partial charge in [-0.25, -0.2) is 0 Å². The molecule has 1 unspecified atom stereocenters. The summed E-state index contributed by atoms with van der Waals surface area (Å²) < 4.78 is 10.8. The molecule has 25 heavy (non-hydrogen) atoms. The van der Waals surface area contributed by atoms with Gasteiger partial charge in [-0.1, -0.05) is 30.3 Å². The summed E-state index contributed by atoms with van der Waals surface area (Å²) in [4.78, 5) is 0. The summed E-state index contributed by atoms with van der Waals surface area (Å²) in [5.41, 5.74) is 2.08. The van der Waals surface area contributed by atoms with E-state index in [1.54, 1.807) is 6.92 Å². The van der Waals surface area contributed by atoms with Crippen molar-refractivity contribution in [2.45, 2.75) is 26.1 Å². The van der Waals surface area contributed by atoms with Crippen LogP contribution >= 0.6 is 0 Å². The molecule has 0 fully saturated rings. The first-order chi connectivity index (χ1) is 12.2. The first-order valence-electron chi connectivity index (χ1n) is 8.18. The molecule has 5 nitrogen and oxygen atoms in total. The van der Waals surface area contributed by atoms with Gasteiger partial charge in [-0.2, -0.15) is 5.10 Å². The molecule has 0 saturated heterocycles. The highest BCUT2D eigenvalue weighted by atomic mass is 16.6. The third kappa shape index (κ3) is 5.29. The van der Waals surface area contributed by atoms with Crippen LogP contribution in [0.5, 0.6) is 17.4 Å². The van der Waals surface area contributed by atoms with Gasteiger partial charge >= 0.3 is 0 Å². The summed E-state index contributed by atoms with van der Waals surface area (Å²) in [6, 6.07) is 20.9. The van der Waals surface area contributed by atoms with Crippen molar-refractivity contribution in [1.29, 1.82) is 0 Å². The van der Waals surface area contributed by atoms with Gasteiger partial charge in [0.15, 0.2) is 6.29 Å². The van der Waals surface area contributed by atoms with Crippen LogP contribution in [0.2, 0.25) is 0 Å². The molecule has 1 N–H and O–H groups in total. The van der Waals surface area contributed by atoms with Gasteiger partial charge in [0.2, 0.25) is 5.88 Å². The molecule has 1 heterocycles. The maximum absolute atomic E-state index is 9.19. The van der Waals surface area contributed by atoms with Crippen LogP contribution in [-0.4, -0.2) is 21.6 Å². The molecule has 0 aliphatic rings. The van der Waals surface area contributed by atoms with E-state index in [9.17, 15) is 5.11 Å². The minimum atomic E-state index is -0.808. The zero-order chi connectivity index (χ0) is 17.5. The second-order valence-electron chi connectivity index (χ2n) is 5.64. The molecule has 0 radical (unpaired) electrons. The second kappa shape index (κ2) is 8.26. The molecule has 0 bridgehead atoms. The Hall–Kier alpha value is -2.92. The maximum atomic E-state index is 9.19. The van der Waals surface area contributed by atoms with Crippen LogP contribution < -0.4 is 9.47 Å². The van der Waals surface area contributed by atoms with E-state index in [4.69, 9.17) is 9.47 Å². The fraction of sp³-hybridized carbons (Fsp3) is 0.200. The van der Waals surface area contributed by atoms with Gasteiger partial charge in [0.25, 0.3) is 0 Å². The number of nitrogens with zero attached hydrogens (tertiary/aromatic N) is 2. The summed E-state index contributed by atoms with van der Waals surface area (Å²) in [7, 11) is 0. The number of aliphatic hydroxyl groups is 1. The lowest BCUT2D eigenvalue weighted by atomic mass is 10.1. The Kier molecular flexibility index (Phi) is 5.59. The summed E-state index contributed by atoms with van der Waals surface area (Å²) >= 11 is 0. The SMILES string of the molecule is CC(O)Oc1ccc(CCc2ccc(Oc3ccccc3)nn2)cc1. The second-order valence-corrected chi connectivity index (χ2v) is 5.64. The van der Waals surface area contributed by atoms with E-state index in [-0.39, 0.29) is 0 Å². The van der Waals surface area contributed by atoms with Crippen LogP contribution in [0.1, 0.15) is 18.2 Å². The Bertz CT molecular complexity index is 772. The van der Waals surface area contributed by atoms with Gasteiger partial charge < -0.3 is 14.6 Å². The van der Waals surface area contributed by atoms with Gasteiger partial charge in [-0.15, -0.1) is 5.10 Å². The number of benzene rings is 2. The lowest BCUT2D eigenvalue weighted by molar-refractivity contribution is -0.000303. The molecule has 0 spiro atoms. The first-order valence-corrected chi connectivity index (χ1v) is 8.18. The molecule has 0 amide bonds. The lowest BCUT2D eigenvalue weighted by Gasteiger charge is -2.09. The molecule has 0 saturated carbocycles. The number of para-hydroxylation sites is 1. The number of aromatic nitrogens is 2. The molecule has 1 atom stereocenters. The van der Waals surface area contributed by atoms with Crippen LogP contribution in [0.3, 0.4) is 0 Å². The predicted molar refractivity (Wildman–Crippen MR) is 94.7 cm³/mol. The van der Waals surface area contributed by atoms with E-state index >= 15 is 0 Å². The van der Waals surface area contributed by atoms with Crippen LogP contribution in [0.15, 0.2) is 66.7 Å². The van der Waals surface area contributed by atoms with E-state index < -0.39 is 6.29 Å². The number of aliphatic hydroxyl groups excluding tert-OH is 1. The van der Waals surface area contributed by atoms with Crippen LogP contribution in [-0.2, 0) is 12.8 Å². The van der Waals surface area contributed by atoms with Crippen molar-refractivity contribution in [1.82, 2.24) is 10.2 Å². The lowest BCUT2D eigenvalue weighted by Crippen LogP contribution is -2.09. The molecular weight excluding hydrogens is 316 g/mol. The van der Waals surface area contributed by atoms with Gasteiger partial charge in [-0.3, -0.25) is 0 Å². The number of rotatable bonds is 7. The van der Waals surface area contributed by atoms with Crippen LogP contribution in [0.4, 0.5) is 0 Å². The van der Waals surface area contributed by atoms with Gasteiger partial charge in [0.05, 0.1) is 5.69 Å². The highest BCUT2D eigenvalue weighted by molar-refractivity contribution is 5.28. The van der Waals surface area contributed by atoms with Crippen molar-refractivity contribution in [2.24, 2.45) is 0 Å². The number of hydrogen-bond donors (Lipinski definition) is 1. The molecule has 0 aliphatic carbocycles. The smallest absolute Gasteiger partial charge is 0.238 e. The van der Waals surface area contributed by atoms with Gasteiger partial charge in [-0.05, 0) is 55.7 Å². The summed E-state index contributed by atoms with van der Waals surface area (Å²) in [6.07, 6.45) is 0.829. The molecule has 2 aromatic carbocycles. The number of aryl methyl sites for hydroxylation is 2. The van der Waals surface area contributed by atoms with E-state index in [1.807, 2.05) is 66.7 Å². The first kappa shape index (κ1) is 16.9. The molecule has 5 heteroatoms. The Morgan fingerprint density at radius 1 is 0.840 bits per heavy atom. The quantitative estimate of drug-likeness (QED) is 0.665. The predicted octanol–water partition coefficient (Wildman–Crippen LogP) is 3.77. The monoisotopic (exact) mass is 336 g/mol. The number of ether oxygens (including phenoxy) is 2. The third-order valence-electron chi connectivity index (χ3n) is 3.56. The normalized spacial score (nSPS) is 11.8. The Labute approximate surface area is 146 Å². The van der Waals surface area contributed by atoms with Crippen molar-refractivity contribution >= 4 is 0 Å². The molecule has 1 aromatic heterocycles. The molecule has 3 aromatic rings. The molecule has 3 rings (SSSR count). The standard InChI is InChI=1S/C20H20N2O3/c1-15(23)24-19-12-8-16(9-13-19)7-10-17-11-14-20(22-21-17)25-18-5-3-2-4-6-18/h2-6,8-9,11-15,23H,7,10H2,1H3. The largest absolute Gasteiger partial charge is 0.465 e. The van der Waals surface area contributed by atoms with E-state index in [0.717, 1.165) is 24.3 Å². The number of hydrogen-bond acceptors (Lipinski definition) is 5. The molecule has 128 valence electrons. The minimum Gasteiger partial charge on any atom is -0.465 e. The minimum absolute atomic E-state index is 0.481.